The molecule has 0 aliphatic carbocycles. The maximum absolute atomic E-state index is 13.0. The van der Waals surface area contributed by atoms with Gasteiger partial charge in [0.15, 0.2) is 0 Å². The van der Waals surface area contributed by atoms with Crippen molar-refractivity contribution >= 4 is 17.2 Å². The van der Waals surface area contributed by atoms with E-state index in [1.54, 1.807) is 17.5 Å². The zero-order chi connectivity index (χ0) is 19.0. The molecule has 1 spiro atoms. The minimum absolute atomic E-state index is 0.0661. The second kappa shape index (κ2) is 7.18. The number of aromatic nitrogens is 2. The quantitative estimate of drug-likeness (QED) is 0.682. The van der Waals surface area contributed by atoms with E-state index in [0.29, 0.717) is 12.1 Å². The second-order valence-electron chi connectivity index (χ2n) is 7.57. The Morgan fingerprint density at radius 2 is 2.00 bits per heavy atom. The number of likely N-dealkylation sites (tertiary alicyclic amines) is 1. The van der Waals surface area contributed by atoms with Crippen molar-refractivity contribution in [3.8, 4) is 0 Å². The first kappa shape index (κ1) is 17.6. The summed E-state index contributed by atoms with van der Waals surface area (Å²) in [5, 5.41) is 6.55. The normalized spacial score (nSPS) is 18.2. The van der Waals surface area contributed by atoms with Gasteiger partial charge in [-0.1, -0.05) is 30.3 Å². The van der Waals surface area contributed by atoms with Crippen LogP contribution in [0.25, 0.3) is 0 Å². The van der Waals surface area contributed by atoms with Crippen molar-refractivity contribution in [1.82, 2.24) is 14.7 Å². The molecular weight excluding hydrogens is 370 g/mol. The van der Waals surface area contributed by atoms with Crippen LogP contribution in [0.4, 0.5) is 0 Å². The summed E-state index contributed by atoms with van der Waals surface area (Å²) in [4.78, 5) is 16.3. The Balaban J connectivity index is 1.26. The molecule has 5 nitrogen and oxygen atoms in total. The first-order chi connectivity index (χ1) is 13.7. The van der Waals surface area contributed by atoms with Crippen LogP contribution in [-0.2, 0) is 23.3 Å². The number of amides is 1. The molecule has 0 radical (unpaired) electrons. The van der Waals surface area contributed by atoms with Gasteiger partial charge in [-0.25, -0.2) is 0 Å². The molecule has 0 saturated carbocycles. The number of carbonyl (C=O) groups excluding carboxylic acids is 1. The Kier molecular flexibility index (Phi) is 4.53. The molecule has 2 aliphatic rings. The van der Waals surface area contributed by atoms with Crippen LogP contribution in [0.3, 0.4) is 0 Å². The molecule has 144 valence electrons. The number of benzene rings is 1. The highest BCUT2D eigenvalue weighted by Gasteiger charge is 2.42. The summed E-state index contributed by atoms with van der Waals surface area (Å²) in [5.41, 5.74) is 3.08. The van der Waals surface area contributed by atoms with E-state index in [1.807, 2.05) is 34.0 Å². The Morgan fingerprint density at radius 3 is 2.82 bits per heavy atom. The molecule has 1 aromatic carbocycles. The minimum atomic E-state index is -0.185. The maximum atomic E-state index is 13.0. The summed E-state index contributed by atoms with van der Waals surface area (Å²) in [6, 6.07) is 12.4. The molecule has 4 heterocycles. The molecule has 2 aromatic heterocycles. The highest BCUT2D eigenvalue weighted by molar-refractivity contribution is 7.10. The number of piperidine rings is 1. The fraction of sp³-hybridized carbons (Fsp3) is 0.364. The van der Waals surface area contributed by atoms with Crippen LogP contribution in [0.15, 0.2) is 54.2 Å². The fourth-order valence-electron chi connectivity index (χ4n) is 4.31. The Labute approximate surface area is 168 Å². The largest absolute Gasteiger partial charge is 0.369 e. The summed E-state index contributed by atoms with van der Waals surface area (Å²) < 4.78 is 8.08. The number of hydrogen-bond acceptors (Lipinski definition) is 4. The average molecular weight is 394 g/mol. The molecule has 1 saturated heterocycles. The van der Waals surface area contributed by atoms with Crippen molar-refractivity contribution in [2.75, 3.05) is 19.7 Å². The molecular formula is C22H23N3O2S. The van der Waals surface area contributed by atoms with Crippen LogP contribution >= 0.6 is 11.3 Å². The predicted molar refractivity (Wildman–Crippen MR) is 109 cm³/mol. The standard InChI is InChI=1S/C22H23N3O2S/c26-21(19-14-23-25(16-19)15-17-4-2-1-3-5-17)24-10-8-22(9-11-24)20-18(6-12-27-22)7-13-28-20/h1-5,7,13-14,16H,6,8-12,15H2. The SMILES string of the molecule is O=C(c1cnn(Cc2ccccc2)c1)N1CCC2(CC1)OCCc1ccsc12. The fourth-order valence-corrected chi connectivity index (χ4v) is 5.48. The Bertz CT molecular complexity index is 971. The summed E-state index contributed by atoms with van der Waals surface area (Å²) in [7, 11) is 0. The van der Waals surface area contributed by atoms with Crippen LogP contribution in [0.2, 0.25) is 0 Å². The van der Waals surface area contributed by atoms with Gasteiger partial charge in [0, 0.05) is 24.2 Å². The molecule has 3 aromatic rings. The molecule has 0 atom stereocenters. The van der Waals surface area contributed by atoms with Gasteiger partial charge >= 0.3 is 0 Å². The third-order valence-electron chi connectivity index (χ3n) is 5.84. The lowest BCUT2D eigenvalue weighted by Gasteiger charge is -2.43. The van der Waals surface area contributed by atoms with Crippen molar-refractivity contribution in [3.05, 3.63) is 75.7 Å². The zero-order valence-electron chi connectivity index (χ0n) is 15.7. The molecule has 28 heavy (non-hydrogen) atoms. The molecule has 6 heteroatoms. The first-order valence-electron chi connectivity index (χ1n) is 9.80. The number of fused-ring (bicyclic) bond motifs is 2. The molecule has 0 N–H and O–H groups in total. The van der Waals surface area contributed by atoms with Crippen molar-refractivity contribution in [2.45, 2.75) is 31.4 Å². The summed E-state index contributed by atoms with van der Waals surface area (Å²) >= 11 is 1.80. The highest BCUT2D eigenvalue weighted by Crippen LogP contribution is 2.44. The molecule has 5 rings (SSSR count). The third-order valence-corrected chi connectivity index (χ3v) is 6.98. The molecule has 0 bridgehead atoms. The van der Waals surface area contributed by atoms with E-state index in [2.05, 4.69) is 28.7 Å². The van der Waals surface area contributed by atoms with E-state index < -0.39 is 0 Å². The van der Waals surface area contributed by atoms with Crippen molar-refractivity contribution < 1.29 is 9.53 Å². The maximum Gasteiger partial charge on any atom is 0.257 e. The van der Waals surface area contributed by atoms with E-state index >= 15 is 0 Å². The van der Waals surface area contributed by atoms with E-state index in [0.717, 1.165) is 39.0 Å². The van der Waals surface area contributed by atoms with E-state index in [9.17, 15) is 4.79 Å². The molecule has 0 unspecified atom stereocenters. The number of hydrogen-bond donors (Lipinski definition) is 0. The predicted octanol–water partition coefficient (Wildman–Crippen LogP) is 3.70. The Hall–Kier alpha value is -2.44. The number of thiophene rings is 1. The summed E-state index contributed by atoms with van der Waals surface area (Å²) in [6.07, 6.45) is 6.27. The lowest BCUT2D eigenvalue weighted by molar-refractivity contribution is -0.0906. The molecule has 1 fully saturated rings. The highest BCUT2D eigenvalue weighted by atomic mass is 32.1. The first-order valence-corrected chi connectivity index (χ1v) is 10.7. The summed E-state index contributed by atoms with van der Waals surface area (Å²) in [6.45, 7) is 2.90. The van der Waals surface area contributed by atoms with Gasteiger partial charge in [0.2, 0.25) is 0 Å². The van der Waals surface area contributed by atoms with E-state index in [1.165, 1.54) is 16.0 Å². The minimum Gasteiger partial charge on any atom is -0.369 e. The number of rotatable bonds is 3. The van der Waals surface area contributed by atoms with Gasteiger partial charge in [-0.2, -0.15) is 5.10 Å². The van der Waals surface area contributed by atoms with Crippen LogP contribution < -0.4 is 0 Å². The van der Waals surface area contributed by atoms with E-state index in [-0.39, 0.29) is 11.5 Å². The average Bonchev–Trinajstić information content (AvgIpc) is 3.39. The molecule has 2 aliphatic heterocycles. The topological polar surface area (TPSA) is 47.4 Å². The van der Waals surface area contributed by atoms with Crippen LogP contribution in [-0.4, -0.2) is 40.3 Å². The van der Waals surface area contributed by atoms with Gasteiger partial charge < -0.3 is 9.64 Å². The van der Waals surface area contributed by atoms with Crippen molar-refractivity contribution in [3.63, 3.8) is 0 Å². The second-order valence-corrected chi connectivity index (χ2v) is 8.49. The number of ether oxygens (including phenoxy) is 1. The molecule has 1 amide bonds. The third kappa shape index (κ3) is 3.16. The lowest BCUT2D eigenvalue weighted by atomic mass is 9.85. The van der Waals surface area contributed by atoms with Gasteiger partial charge in [0.05, 0.1) is 24.9 Å². The number of nitrogens with zero attached hydrogens (tertiary/aromatic N) is 3. The zero-order valence-corrected chi connectivity index (χ0v) is 16.5. The van der Waals surface area contributed by atoms with E-state index in [4.69, 9.17) is 4.74 Å². The van der Waals surface area contributed by atoms with Crippen LogP contribution in [0.1, 0.15) is 39.2 Å². The van der Waals surface area contributed by atoms with Gasteiger partial charge in [-0.3, -0.25) is 9.48 Å². The smallest absolute Gasteiger partial charge is 0.257 e. The summed E-state index contributed by atoms with van der Waals surface area (Å²) in [5.74, 6) is 0.0661. The van der Waals surface area contributed by atoms with Crippen LogP contribution in [0, 0.1) is 0 Å². The van der Waals surface area contributed by atoms with Crippen molar-refractivity contribution in [2.24, 2.45) is 0 Å². The monoisotopic (exact) mass is 393 g/mol. The van der Waals surface area contributed by atoms with Gasteiger partial charge in [-0.05, 0) is 41.8 Å². The van der Waals surface area contributed by atoms with Gasteiger partial charge in [0.25, 0.3) is 5.91 Å². The lowest BCUT2D eigenvalue weighted by Crippen LogP contribution is -2.47. The van der Waals surface area contributed by atoms with Gasteiger partial charge in [-0.15, -0.1) is 11.3 Å². The number of carbonyl (C=O) groups is 1. The van der Waals surface area contributed by atoms with Gasteiger partial charge in [0.1, 0.15) is 5.60 Å². The Morgan fingerprint density at radius 1 is 1.18 bits per heavy atom. The van der Waals surface area contributed by atoms with Crippen LogP contribution in [0.5, 0.6) is 0 Å². The van der Waals surface area contributed by atoms with Crippen molar-refractivity contribution in [1.29, 1.82) is 0 Å².